The summed E-state index contributed by atoms with van der Waals surface area (Å²) >= 11 is 0. The topological polar surface area (TPSA) is 55.5 Å². The molecule has 1 aliphatic rings. The molecule has 1 aliphatic carbocycles. The van der Waals surface area contributed by atoms with E-state index in [0.29, 0.717) is 5.92 Å². The van der Waals surface area contributed by atoms with E-state index in [0.717, 1.165) is 11.3 Å². The Morgan fingerprint density at radius 3 is 2.67 bits per heavy atom. The maximum absolute atomic E-state index is 9.16. The molecule has 18 heavy (non-hydrogen) atoms. The molecule has 1 aromatic carbocycles. The number of methoxy groups -OCH3 is 1. The highest BCUT2D eigenvalue weighted by Gasteiger charge is 2.20. The molecule has 0 amide bonds. The molecule has 0 spiro atoms. The lowest BCUT2D eigenvalue weighted by molar-refractivity contribution is 0.267. The summed E-state index contributed by atoms with van der Waals surface area (Å²) in [5.74, 6) is 1.54. The minimum Gasteiger partial charge on any atom is -0.496 e. The quantitative estimate of drug-likeness (QED) is 0.862. The van der Waals surface area contributed by atoms with Crippen molar-refractivity contribution in [3.05, 3.63) is 29.3 Å². The van der Waals surface area contributed by atoms with Crippen LogP contribution in [-0.4, -0.2) is 18.8 Å². The lowest BCUT2D eigenvalue weighted by atomic mass is 9.83. The Hall–Kier alpha value is -1.06. The predicted molar refractivity (Wildman–Crippen MR) is 72.8 cm³/mol. The van der Waals surface area contributed by atoms with E-state index in [-0.39, 0.29) is 12.6 Å². The summed E-state index contributed by atoms with van der Waals surface area (Å²) in [4.78, 5) is 0. The number of rotatable bonds is 4. The second-order valence-corrected chi connectivity index (χ2v) is 5.13. The first-order valence-electron chi connectivity index (χ1n) is 6.80. The molecule has 1 aromatic rings. The normalized spacial score (nSPS) is 18.6. The minimum atomic E-state index is -0.293. The molecule has 3 heteroatoms. The fourth-order valence-corrected chi connectivity index (χ4v) is 2.82. The Morgan fingerprint density at radius 2 is 2.06 bits per heavy atom. The number of ether oxygens (including phenoxy) is 1. The van der Waals surface area contributed by atoms with Gasteiger partial charge in [0.25, 0.3) is 0 Å². The summed E-state index contributed by atoms with van der Waals surface area (Å²) in [5, 5.41) is 9.16. The summed E-state index contributed by atoms with van der Waals surface area (Å²) in [6.45, 7) is -0.0174. The predicted octanol–water partition coefficient (Wildman–Crippen LogP) is 2.74. The standard InChI is InChI=1S/C15H23NO2/c1-18-15-8-7-12(14(16)10-17)9-13(15)11-5-3-2-4-6-11/h7-9,11,14,17H,2-6,10,16H2,1H3. The Kier molecular flexibility index (Phi) is 4.61. The lowest BCUT2D eigenvalue weighted by Gasteiger charge is -2.25. The first-order valence-corrected chi connectivity index (χ1v) is 6.80. The smallest absolute Gasteiger partial charge is 0.122 e. The van der Waals surface area contributed by atoms with Crippen LogP contribution >= 0.6 is 0 Å². The second kappa shape index (κ2) is 6.21. The fourth-order valence-electron chi connectivity index (χ4n) is 2.82. The SMILES string of the molecule is COc1ccc(C(N)CO)cc1C1CCCCC1. The number of hydrogen-bond donors (Lipinski definition) is 2. The first-order chi connectivity index (χ1) is 8.76. The zero-order valence-corrected chi connectivity index (χ0v) is 11.1. The molecule has 0 saturated heterocycles. The Labute approximate surface area is 109 Å². The van der Waals surface area contributed by atoms with Crippen LogP contribution < -0.4 is 10.5 Å². The van der Waals surface area contributed by atoms with Gasteiger partial charge in [0.05, 0.1) is 19.8 Å². The van der Waals surface area contributed by atoms with Crippen LogP contribution in [0.2, 0.25) is 0 Å². The van der Waals surface area contributed by atoms with E-state index in [4.69, 9.17) is 15.6 Å². The zero-order valence-electron chi connectivity index (χ0n) is 11.1. The molecule has 0 radical (unpaired) electrons. The van der Waals surface area contributed by atoms with Gasteiger partial charge >= 0.3 is 0 Å². The van der Waals surface area contributed by atoms with Crippen molar-refractivity contribution in [2.24, 2.45) is 5.73 Å². The van der Waals surface area contributed by atoms with Crippen LogP contribution in [0.25, 0.3) is 0 Å². The molecule has 2 rings (SSSR count). The van der Waals surface area contributed by atoms with Crippen molar-refractivity contribution in [1.82, 2.24) is 0 Å². The van der Waals surface area contributed by atoms with E-state index in [1.165, 1.54) is 37.7 Å². The molecule has 1 saturated carbocycles. The van der Waals surface area contributed by atoms with Gasteiger partial charge in [0.15, 0.2) is 0 Å². The number of hydrogen-bond acceptors (Lipinski definition) is 3. The van der Waals surface area contributed by atoms with Crippen LogP contribution in [0.4, 0.5) is 0 Å². The number of aliphatic hydroxyl groups is 1. The highest BCUT2D eigenvalue weighted by molar-refractivity contribution is 5.41. The van der Waals surface area contributed by atoms with Gasteiger partial charge < -0.3 is 15.6 Å². The number of aliphatic hydroxyl groups excluding tert-OH is 1. The summed E-state index contributed by atoms with van der Waals surface area (Å²) in [5.41, 5.74) is 8.15. The summed E-state index contributed by atoms with van der Waals surface area (Å²) in [7, 11) is 1.72. The summed E-state index contributed by atoms with van der Waals surface area (Å²) in [6, 6.07) is 5.76. The average Bonchev–Trinajstić information content (AvgIpc) is 2.46. The van der Waals surface area contributed by atoms with Crippen molar-refractivity contribution in [2.45, 2.75) is 44.1 Å². The van der Waals surface area contributed by atoms with E-state index in [2.05, 4.69) is 6.07 Å². The maximum atomic E-state index is 9.16. The molecule has 100 valence electrons. The minimum absolute atomic E-state index is 0.0174. The van der Waals surface area contributed by atoms with Crippen molar-refractivity contribution in [2.75, 3.05) is 13.7 Å². The monoisotopic (exact) mass is 249 g/mol. The molecule has 1 atom stereocenters. The molecule has 0 bridgehead atoms. The second-order valence-electron chi connectivity index (χ2n) is 5.13. The first kappa shape index (κ1) is 13.4. The lowest BCUT2D eigenvalue weighted by Crippen LogP contribution is -2.15. The molecule has 1 fully saturated rings. The Bertz CT molecular complexity index is 386. The third kappa shape index (κ3) is 2.85. The molecule has 3 N–H and O–H groups in total. The largest absolute Gasteiger partial charge is 0.496 e. The third-order valence-corrected chi connectivity index (χ3v) is 3.92. The zero-order chi connectivity index (χ0) is 13.0. The van der Waals surface area contributed by atoms with E-state index < -0.39 is 0 Å². The molecule has 1 unspecified atom stereocenters. The van der Waals surface area contributed by atoms with Crippen LogP contribution in [0.3, 0.4) is 0 Å². The van der Waals surface area contributed by atoms with Gasteiger partial charge in [-0.3, -0.25) is 0 Å². The summed E-state index contributed by atoms with van der Waals surface area (Å²) < 4.78 is 5.46. The molecule has 0 aromatic heterocycles. The summed E-state index contributed by atoms with van der Waals surface area (Å²) in [6.07, 6.45) is 6.39. The van der Waals surface area contributed by atoms with Crippen molar-refractivity contribution < 1.29 is 9.84 Å². The van der Waals surface area contributed by atoms with Crippen molar-refractivity contribution in [1.29, 1.82) is 0 Å². The molecule has 0 heterocycles. The van der Waals surface area contributed by atoms with Gasteiger partial charge in [0.1, 0.15) is 5.75 Å². The van der Waals surface area contributed by atoms with Crippen LogP contribution in [0.5, 0.6) is 5.75 Å². The van der Waals surface area contributed by atoms with Crippen LogP contribution in [0.15, 0.2) is 18.2 Å². The molecular formula is C15H23NO2. The number of benzene rings is 1. The van der Waals surface area contributed by atoms with Gasteiger partial charge in [-0.25, -0.2) is 0 Å². The average molecular weight is 249 g/mol. The van der Waals surface area contributed by atoms with Crippen molar-refractivity contribution in [3.8, 4) is 5.75 Å². The van der Waals surface area contributed by atoms with Gasteiger partial charge in [-0.2, -0.15) is 0 Å². The fraction of sp³-hybridized carbons (Fsp3) is 0.600. The van der Waals surface area contributed by atoms with Gasteiger partial charge in [-0.15, -0.1) is 0 Å². The Balaban J connectivity index is 2.29. The maximum Gasteiger partial charge on any atom is 0.122 e. The number of nitrogens with two attached hydrogens (primary N) is 1. The van der Waals surface area contributed by atoms with E-state index in [1.807, 2.05) is 12.1 Å². The third-order valence-electron chi connectivity index (χ3n) is 3.92. The molecule has 3 nitrogen and oxygen atoms in total. The van der Waals surface area contributed by atoms with Gasteiger partial charge in [-0.1, -0.05) is 31.4 Å². The van der Waals surface area contributed by atoms with Gasteiger partial charge in [0.2, 0.25) is 0 Å². The Morgan fingerprint density at radius 1 is 1.33 bits per heavy atom. The van der Waals surface area contributed by atoms with Crippen molar-refractivity contribution >= 4 is 0 Å². The van der Waals surface area contributed by atoms with E-state index in [1.54, 1.807) is 7.11 Å². The van der Waals surface area contributed by atoms with Crippen LogP contribution in [0.1, 0.15) is 55.2 Å². The van der Waals surface area contributed by atoms with Crippen molar-refractivity contribution in [3.63, 3.8) is 0 Å². The van der Waals surface area contributed by atoms with E-state index >= 15 is 0 Å². The van der Waals surface area contributed by atoms with Crippen LogP contribution in [0, 0.1) is 0 Å². The van der Waals surface area contributed by atoms with E-state index in [9.17, 15) is 0 Å². The molecular weight excluding hydrogens is 226 g/mol. The highest BCUT2D eigenvalue weighted by Crippen LogP contribution is 2.38. The van der Waals surface area contributed by atoms with Crippen LogP contribution in [-0.2, 0) is 0 Å². The molecule has 0 aliphatic heterocycles. The van der Waals surface area contributed by atoms with Gasteiger partial charge in [0, 0.05) is 0 Å². The van der Waals surface area contributed by atoms with Gasteiger partial charge in [-0.05, 0) is 36.0 Å². The highest BCUT2D eigenvalue weighted by atomic mass is 16.5.